The van der Waals surface area contributed by atoms with Crippen LogP contribution in [0.2, 0.25) is 5.02 Å². The van der Waals surface area contributed by atoms with Crippen LogP contribution in [0.1, 0.15) is 41.2 Å². The zero-order valence-electron chi connectivity index (χ0n) is 12.4. The number of aromatic nitrogens is 2. The van der Waals surface area contributed by atoms with Crippen molar-refractivity contribution < 1.29 is 4.79 Å². The molecule has 0 aliphatic carbocycles. The van der Waals surface area contributed by atoms with E-state index in [1.165, 1.54) is 0 Å². The average molecular weight is 370 g/mol. The predicted molar refractivity (Wildman–Crippen MR) is 89.2 cm³/mol. The van der Waals surface area contributed by atoms with Crippen molar-refractivity contribution in [2.45, 2.75) is 40.2 Å². The minimum Gasteiger partial charge on any atom is -0.294 e. The first kappa shape index (κ1) is 16.2. The van der Waals surface area contributed by atoms with Crippen LogP contribution < -0.4 is 0 Å². The van der Waals surface area contributed by atoms with E-state index in [0.717, 1.165) is 27.8 Å². The highest BCUT2D eigenvalue weighted by Gasteiger charge is 2.19. The van der Waals surface area contributed by atoms with Gasteiger partial charge in [0.2, 0.25) is 0 Å². The van der Waals surface area contributed by atoms with Crippen molar-refractivity contribution in [1.29, 1.82) is 0 Å². The normalized spacial score (nSPS) is 10.9. The summed E-state index contributed by atoms with van der Waals surface area (Å²) < 4.78 is 2.63. The van der Waals surface area contributed by atoms with Crippen molar-refractivity contribution in [2.75, 3.05) is 0 Å². The van der Waals surface area contributed by atoms with Crippen LogP contribution in [0.15, 0.2) is 22.7 Å². The molecule has 0 N–H and O–H groups in total. The molecule has 0 fully saturated rings. The van der Waals surface area contributed by atoms with E-state index >= 15 is 0 Å². The van der Waals surface area contributed by atoms with Crippen molar-refractivity contribution in [1.82, 2.24) is 9.78 Å². The fourth-order valence-electron chi connectivity index (χ4n) is 2.29. The van der Waals surface area contributed by atoms with Crippen molar-refractivity contribution in [3.8, 4) is 0 Å². The molecule has 21 heavy (non-hydrogen) atoms. The fraction of sp³-hybridized carbons (Fsp3) is 0.375. The van der Waals surface area contributed by atoms with Gasteiger partial charge in [0.25, 0.3) is 0 Å². The third-order valence-corrected chi connectivity index (χ3v) is 4.57. The van der Waals surface area contributed by atoms with Gasteiger partial charge < -0.3 is 0 Å². The van der Waals surface area contributed by atoms with Crippen LogP contribution in [0.3, 0.4) is 0 Å². The quantitative estimate of drug-likeness (QED) is 0.721. The SMILES string of the molecule is CCc1nn(CC)c(CC(=O)c2cc(C)ccc2Br)c1Cl. The lowest BCUT2D eigenvalue weighted by atomic mass is 10.0. The molecule has 0 aliphatic heterocycles. The summed E-state index contributed by atoms with van der Waals surface area (Å²) in [4.78, 5) is 12.6. The molecular formula is C16H18BrClN2O. The Morgan fingerprint density at radius 2 is 2.10 bits per heavy atom. The molecule has 0 bridgehead atoms. The number of carbonyl (C=O) groups excluding carboxylic acids is 1. The van der Waals surface area contributed by atoms with Crippen LogP contribution in [0.4, 0.5) is 0 Å². The molecule has 112 valence electrons. The number of hydrogen-bond acceptors (Lipinski definition) is 2. The van der Waals surface area contributed by atoms with Gasteiger partial charge in [0, 0.05) is 16.6 Å². The number of aryl methyl sites for hydroxylation is 3. The standard InChI is InChI=1S/C16H18BrClN2O/c1-4-13-16(18)14(20(5-2)19-13)9-15(21)11-8-10(3)6-7-12(11)17/h6-8H,4-5,9H2,1-3H3. The number of rotatable bonds is 5. The molecule has 2 aromatic rings. The second kappa shape index (κ2) is 6.75. The Bertz CT molecular complexity index is 679. The summed E-state index contributed by atoms with van der Waals surface area (Å²) in [5, 5.41) is 5.08. The van der Waals surface area contributed by atoms with Gasteiger partial charge in [0.15, 0.2) is 5.78 Å². The largest absolute Gasteiger partial charge is 0.294 e. The second-order valence-electron chi connectivity index (χ2n) is 4.96. The van der Waals surface area contributed by atoms with Crippen LogP contribution in [0.5, 0.6) is 0 Å². The molecule has 0 spiro atoms. The van der Waals surface area contributed by atoms with Crippen LogP contribution in [-0.2, 0) is 19.4 Å². The van der Waals surface area contributed by atoms with Gasteiger partial charge in [-0.25, -0.2) is 0 Å². The van der Waals surface area contributed by atoms with Gasteiger partial charge in [0.05, 0.1) is 22.8 Å². The van der Waals surface area contributed by atoms with Crippen molar-refractivity contribution in [3.05, 3.63) is 50.2 Å². The van der Waals surface area contributed by atoms with Crippen molar-refractivity contribution >= 4 is 33.3 Å². The van der Waals surface area contributed by atoms with Gasteiger partial charge in [-0.15, -0.1) is 0 Å². The third-order valence-electron chi connectivity index (χ3n) is 3.44. The van der Waals surface area contributed by atoms with Crippen LogP contribution in [0.25, 0.3) is 0 Å². The summed E-state index contributed by atoms with van der Waals surface area (Å²) in [5.74, 6) is 0.0460. The van der Waals surface area contributed by atoms with E-state index < -0.39 is 0 Å². The zero-order valence-corrected chi connectivity index (χ0v) is 14.8. The Kier molecular flexibility index (Phi) is 5.22. The van der Waals surface area contributed by atoms with Crippen LogP contribution in [0, 0.1) is 6.92 Å². The fourth-order valence-corrected chi connectivity index (χ4v) is 3.09. The Balaban J connectivity index is 2.35. The molecule has 2 rings (SSSR count). The van der Waals surface area contributed by atoms with Crippen molar-refractivity contribution in [2.24, 2.45) is 0 Å². The Morgan fingerprint density at radius 1 is 1.38 bits per heavy atom. The third kappa shape index (κ3) is 3.38. The maximum Gasteiger partial charge on any atom is 0.169 e. The molecule has 0 radical (unpaired) electrons. The Labute approximate surface area is 138 Å². The minimum absolute atomic E-state index is 0.0460. The van der Waals surface area contributed by atoms with E-state index in [4.69, 9.17) is 11.6 Å². The van der Waals surface area contributed by atoms with Gasteiger partial charge in [-0.3, -0.25) is 9.48 Å². The molecule has 1 aromatic heterocycles. The molecule has 0 amide bonds. The molecule has 3 nitrogen and oxygen atoms in total. The van der Waals surface area contributed by atoms with E-state index in [2.05, 4.69) is 21.0 Å². The molecule has 1 heterocycles. The van der Waals surface area contributed by atoms with E-state index in [1.54, 1.807) is 0 Å². The minimum atomic E-state index is 0.0460. The lowest BCUT2D eigenvalue weighted by Gasteiger charge is -2.07. The molecule has 1 aromatic carbocycles. The lowest BCUT2D eigenvalue weighted by Crippen LogP contribution is -2.10. The Morgan fingerprint density at radius 3 is 2.71 bits per heavy atom. The van der Waals surface area contributed by atoms with Gasteiger partial charge in [-0.1, -0.05) is 46.1 Å². The predicted octanol–water partition coefficient (Wildman–Crippen LogP) is 4.62. The molecule has 0 aliphatic rings. The highest BCUT2D eigenvalue weighted by molar-refractivity contribution is 9.10. The van der Waals surface area contributed by atoms with E-state index in [1.807, 2.05) is 43.7 Å². The summed E-state index contributed by atoms with van der Waals surface area (Å²) in [7, 11) is 0. The molecular weight excluding hydrogens is 352 g/mol. The van der Waals surface area contributed by atoms with Crippen molar-refractivity contribution in [3.63, 3.8) is 0 Å². The number of ketones is 1. The number of halogens is 2. The van der Waals surface area contributed by atoms with Gasteiger partial charge in [-0.2, -0.15) is 5.10 Å². The maximum atomic E-state index is 12.6. The van der Waals surface area contributed by atoms with E-state index in [9.17, 15) is 4.79 Å². The molecule has 0 saturated heterocycles. The first-order chi connectivity index (χ1) is 9.97. The highest BCUT2D eigenvalue weighted by atomic mass is 79.9. The van der Waals surface area contributed by atoms with E-state index in [0.29, 0.717) is 17.1 Å². The summed E-state index contributed by atoms with van der Waals surface area (Å²) in [5.41, 5.74) is 3.40. The number of benzene rings is 1. The number of carbonyl (C=O) groups is 1. The lowest BCUT2D eigenvalue weighted by molar-refractivity contribution is 0.0989. The van der Waals surface area contributed by atoms with Gasteiger partial charge in [-0.05, 0) is 32.4 Å². The molecule has 0 atom stereocenters. The Hall–Kier alpha value is -1.13. The second-order valence-corrected chi connectivity index (χ2v) is 6.19. The van der Waals surface area contributed by atoms with Crippen LogP contribution in [-0.4, -0.2) is 15.6 Å². The first-order valence-corrected chi connectivity index (χ1v) is 8.18. The monoisotopic (exact) mass is 368 g/mol. The molecule has 5 heteroatoms. The number of hydrogen-bond donors (Lipinski definition) is 0. The summed E-state index contributed by atoms with van der Waals surface area (Å²) >= 11 is 9.80. The molecule has 0 saturated carbocycles. The van der Waals surface area contributed by atoms with E-state index in [-0.39, 0.29) is 12.2 Å². The zero-order chi connectivity index (χ0) is 15.6. The summed E-state index contributed by atoms with van der Waals surface area (Å²) in [6.45, 7) is 6.69. The highest BCUT2D eigenvalue weighted by Crippen LogP contribution is 2.25. The average Bonchev–Trinajstić information content (AvgIpc) is 2.77. The van der Waals surface area contributed by atoms with Crippen LogP contribution >= 0.6 is 27.5 Å². The maximum absolute atomic E-state index is 12.6. The van der Waals surface area contributed by atoms with Gasteiger partial charge in [0.1, 0.15) is 0 Å². The topological polar surface area (TPSA) is 34.9 Å². The first-order valence-electron chi connectivity index (χ1n) is 7.01. The summed E-state index contributed by atoms with van der Waals surface area (Å²) in [6, 6.07) is 5.77. The summed E-state index contributed by atoms with van der Waals surface area (Å²) in [6.07, 6.45) is 1.03. The molecule has 0 unspecified atom stereocenters. The number of nitrogens with zero attached hydrogens (tertiary/aromatic N) is 2. The van der Waals surface area contributed by atoms with Gasteiger partial charge >= 0.3 is 0 Å². The smallest absolute Gasteiger partial charge is 0.169 e. The number of Topliss-reactive ketones (excluding diaryl/α,β-unsaturated/α-hetero) is 1.